The molecule has 0 radical (unpaired) electrons. The molecule has 0 heterocycles. The molecule has 0 aromatic rings. The summed E-state index contributed by atoms with van der Waals surface area (Å²) in [4.78, 5) is 23.5. The van der Waals surface area contributed by atoms with E-state index in [9.17, 15) is 9.59 Å². The van der Waals surface area contributed by atoms with Crippen molar-refractivity contribution in [2.75, 3.05) is 0 Å². The second-order valence-corrected chi connectivity index (χ2v) is 7.81. The van der Waals surface area contributed by atoms with Crippen LogP contribution < -0.4 is 0 Å². The van der Waals surface area contributed by atoms with Crippen molar-refractivity contribution in [3.63, 3.8) is 0 Å². The summed E-state index contributed by atoms with van der Waals surface area (Å²) in [5.41, 5.74) is 0.623. The first-order valence-corrected chi connectivity index (χ1v) is 10.6. The van der Waals surface area contributed by atoms with Crippen molar-refractivity contribution < 1.29 is 9.59 Å². The van der Waals surface area contributed by atoms with Gasteiger partial charge in [-0.3, -0.25) is 9.59 Å². The van der Waals surface area contributed by atoms with Gasteiger partial charge < -0.3 is 0 Å². The lowest BCUT2D eigenvalue weighted by molar-refractivity contribution is -0.115. The van der Waals surface area contributed by atoms with E-state index in [-0.39, 0.29) is 22.5 Å². The fourth-order valence-corrected chi connectivity index (χ4v) is 3.54. The van der Waals surface area contributed by atoms with Crippen LogP contribution in [0.4, 0.5) is 0 Å². The number of carbonyl (C=O) groups is 2. The van der Waals surface area contributed by atoms with Crippen LogP contribution in [-0.4, -0.2) is 11.6 Å². The van der Waals surface area contributed by atoms with E-state index in [0.29, 0.717) is 5.57 Å². The zero-order valence-corrected chi connectivity index (χ0v) is 16.9. The maximum Gasteiger partial charge on any atom is 0.197 e. The van der Waals surface area contributed by atoms with Crippen LogP contribution in [-0.2, 0) is 9.59 Å². The minimum atomic E-state index is -0.238. The first-order chi connectivity index (χ1) is 12.1. The van der Waals surface area contributed by atoms with Gasteiger partial charge >= 0.3 is 0 Å². The number of hydrogen-bond donors (Lipinski definition) is 0. The van der Waals surface area contributed by atoms with Crippen LogP contribution >= 0.6 is 11.6 Å². The van der Waals surface area contributed by atoms with Gasteiger partial charge in [0.25, 0.3) is 0 Å². The Morgan fingerprint density at radius 1 is 0.760 bits per heavy atom. The quantitative estimate of drug-likeness (QED) is 0.247. The molecule has 0 spiro atoms. The van der Waals surface area contributed by atoms with Crippen LogP contribution in [0.15, 0.2) is 22.8 Å². The number of ketones is 2. The Labute approximate surface area is 159 Å². The summed E-state index contributed by atoms with van der Waals surface area (Å²) < 4.78 is 0. The summed E-state index contributed by atoms with van der Waals surface area (Å²) in [6, 6.07) is 0. The molecule has 1 atom stereocenters. The van der Waals surface area contributed by atoms with Crippen molar-refractivity contribution in [3.05, 3.63) is 22.8 Å². The zero-order chi connectivity index (χ0) is 18.5. The molecule has 0 saturated heterocycles. The third-order valence-corrected chi connectivity index (χ3v) is 5.38. The van der Waals surface area contributed by atoms with Crippen LogP contribution in [0.2, 0.25) is 0 Å². The molecule has 0 N–H and O–H groups in total. The highest BCUT2D eigenvalue weighted by Gasteiger charge is 2.22. The Morgan fingerprint density at radius 2 is 1.24 bits per heavy atom. The number of halogens is 1. The van der Waals surface area contributed by atoms with Gasteiger partial charge in [0.15, 0.2) is 11.6 Å². The van der Waals surface area contributed by atoms with E-state index in [1.54, 1.807) is 0 Å². The lowest BCUT2D eigenvalue weighted by atomic mass is 9.88. The van der Waals surface area contributed by atoms with Crippen LogP contribution in [0.3, 0.4) is 0 Å². The molecule has 3 heteroatoms. The summed E-state index contributed by atoms with van der Waals surface area (Å²) in [5, 5.41) is 0.0336. The average molecular weight is 367 g/mol. The molecule has 0 aromatic carbocycles. The number of carbonyl (C=O) groups excluding carboxylic acids is 2. The van der Waals surface area contributed by atoms with Gasteiger partial charge in [-0.2, -0.15) is 0 Å². The molecule has 1 aliphatic carbocycles. The van der Waals surface area contributed by atoms with Crippen LogP contribution in [0.25, 0.3) is 0 Å². The van der Waals surface area contributed by atoms with Crippen LogP contribution in [0.5, 0.6) is 0 Å². The smallest absolute Gasteiger partial charge is 0.197 e. The standard InChI is InChI=1S/C22H35ClO2/c1-3-4-5-6-7-8-9-10-11-12-13-14-15-18(2)19-16-22(25)20(23)17-21(19)24/h16-18H,3-15H2,1-2H3. The second-order valence-electron chi connectivity index (χ2n) is 7.40. The fraction of sp³-hybridized carbons (Fsp3) is 0.727. The van der Waals surface area contributed by atoms with Crippen molar-refractivity contribution in [2.45, 2.75) is 97.3 Å². The molecule has 0 amide bonds. The maximum absolute atomic E-state index is 11.9. The predicted octanol–water partition coefficient (Wildman–Crippen LogP) is 6.91. The van der Waals surface area contributed by atoms with E-state index in [4.69, 9.17) is 11.6 Å². The van der Waals surface area contributed by atoms with E-state index in [2.05, 4.69) is 6.92 Å². The molecule has 1 rings (SSSR count). The Bertz CT molecular complexity index is 476. The van der Waals surface area contributed by atoms with Gasteiger partial charge in [-0.1, -0.05) is 102 Å². The molecule has 0 aliphatic heterocycles. The fourth-order valence-electron chi connectivity index (χ4n) is 3.38. The monoisotopic (exact) mass is 366 g/mol. The Morgan fingerprint density at radius 3 is 1.76 bits per heavy atom. The highest BCUT2D eigenvalue weighted by atomic mass is 35.5. The van der Waals surface area contributed by atoms with Crippen molar-refractivity contribution in [3.8, 4) is 0 Å². The number of allylic oxidation sites excluding steroid dienone is 4. The van der Waals surface area contributed by atoms with Gasteiger partial charge in [-0.25, -0.2) is 0 Å². The molecule has 0 fully saturated rings. The van der Waals surface area contributed by atoms with E-state index in [0.717, 1.165) is 12.8 Å². The largest absolute Gasteiger partial charge is 0.290 e. The molecule has 0 aromatic heterocycles. The Kier molecular flexibility index (Phi) is 11.8. The van der Waals surface area contributed by atoms with Crippen molar-refractivity contribution in [2.24, 2.45) is 5.92 Å². The zero-order valence-electron chi connectivity index (χ0n) is 16.1. The normalized spacial score (nSPS) is 16.0. The minimum Gasteiger partial charge on any atom is -0.290 e. The highest BCUT2D eigenvalue weighted by molar-refractivity contribution is 6.47. The van der Waals surface area contributed by atoms with Gasteiger partial charge in [0.2, 0.25) is 0 Å². The van der Waals surface area contributed by atoms with E-state index in [1.807, 2.05) is 6.92 Å². The van der Waals surface area contributed by atoms with Gasteiger partial charge in [0.1, 0.15) is 0 Å². The molecule has 1 aliphatic rings. The molecule has 2 nitrogen and oxygen atoms in total. The van der Waals surface area contributed by atoms with Gasteiger partial charge in [-0.05, 0) is 18.4 Å². The molecular formula is C22H35ClO2. The topological polar surface area (TPSA) is 34.1 Å². The van der Waals surface area contributed by atoms with Crippen LogP contribution in [0.1, 0.15) is 97.3 Å². The molecular weight excluding hydrogens is 332 g/mol. The second kappa shape index (κ2) is 13.3. The molecule has 1 unspecified atom stereocenters. The predicted molar refractivity (Wildman–Crippen MR) is 107 cm³/mol. The SMILES string of the molecule is CCCCCCCCCCCCCCC(C)C1=CC(=O)C(Cl)=CC1=O. The third kappa shape index (κ3) is 9.39. The number of hydrogen-bond acceptors (Lipinski definition) is 2. The summed E-state index contributed by atoms with van der Waals surface area (Å²) in [5.74, 6) is -0.200. The van der Waals surface area contributed by atoms with E-state index >= 15 is 0 Å². The average Bonchev–Trinajstić information content (AvgIpc) is 2.59. The van der Waals surface area contributed by atoms with E-state index in [1.165, 1.54) is 82.8 Å². The van der Waals surface area contributed by atoms with Gasteiger partial charge in [-0.15, -0.1) is 0 Å². The minimum absolute atomic E-state index is 0.0336. The highest BCUT2D eigenvalue weighted by Crippen LogP contribution is 2.25. The first kappa shape index (κ1) is 22.2. The molecule has 0 saturated carbocycles. The lowest BCUT2D eigenvalue weighted by Gasteiger charge is -2.16. The van der Waals surface area contributed by atoms with Crippen LogP contribution in [0, 0.1) is 5.92 Å². The molecule has 142 valence electrons. The van der Waals surface area contributed by atoms with Gasteiger partial charge in [0, 0.05) is 11.6 Å². The summed E-state index contributed by atoms with van der Waals surface area (Å²) in [6.07, 6.45) is 19.6. The molecule has 25 heavy (non-hydrogen) atoms. The number of unbranched alkanes of at least 4 members (excludes halogenated alkanes) is 11. The summed E-state index contributed by atoms with van der Waals surface area (Å²) in [7, 11) is 0. The van der Waals surface area contributed by atoms with Crippen molar-refractivity contribution >= 4 is 23.2 Å². The Hall–Kier alpha value is -0.890. The van der Waals surface area contributed by atoms with Gasteiger partial charge in [0.05, 0.1) is 5.03 Å². The number of rotatable bonds is 14. The summed E-state index contributed by atoms with van der Waals surface area (Å²) >= 11 is 5.71. The van der Waals surface area contributed by atoms with E-state index < -0.39 is 0 Å². The maximum atomic E-state index is 11.9. The lowest BCUT2D eigenvalue weighted by Crippen LogP contribution is -2.16. The third-order valence-electron chi connectivity index (χ3n) is 5.09. The molecule has 0 bridgehead atoms. The van der Waals surface area contributed by atoms with Crippen molar-refractivity contribution in [1.82, 2.24) is 0 Å². The first-order valence-electron chi connectivity index (χ1n) is 10.2. The summed E-state index contributed by atoms with van der Waals surface area (Å²) in [6.45, 7) is 4.29. The Balaban J connectivity index is 2.00. The van der Waals surface area contributed by atoms with Crippen molar-refractivity contribution in [1.29, 1.82) is 0 Å².